The number of nitrogens with zero attached hydrogens (tertiary/aromatic N) is 1. The summed E-state index contributed by atoms with van der Waals surface area (Å²) in [6.45, 7) is 9.34. The first-order valence-corrected chi connectivity index (χ1v) is 8.55. The molecular weight excluding hydrogens is 270 g/mol. The third kappa shape index (κ3) is 4.31. The fraction of sp³-hybridized carbons (Fsp3) is 0.500. The van der Waals surface area contributed by atoms with Gasteiger partial charge in [0.2, 0.25) is 0 Å². The van der Waals surface area contributed by atoms with Crippen LogP contribution in [0.2, 0.25) is 0 Å². The molecule has 1 saturated heterocycles. The monoisotopic (exact) mass is 297 g/mol. The molecule has 2 heteroatoms. The average molecular weight is 297 g/mol. The predicted octanol–water partition coefficient (Wildman–Crippen LogP) is 4.12. The minimum atomic E-state index is 0.748. The standard InChI is InChI=1S/C20H27NO/c1-17(15-21-10-5-2-6-11-21)13-18-9-12-22-16-20-8-4-3-7-19(20)14-18/h3-4,7-8,13H,1-2,5-6,9-12,14-16H2/b18-13-. The van der Waals surface area contributed by atoms with E-state index in [2.05, 4.69) is 41.8 Å². The highest BCUT2D eigenvalue weighted by atomic mass is 16.5. The molecule has 0 atom stereocenters. The summed E-state index contributed by atoms with van der Waals surface area (Å²) in [6, 6.07) is 8.63. The largest absolute Gasteiger partial charge is 0.376 e. The van der Waals surface area contributed by atoms with Crippen molar-refractivity contribution < 1.29 is 4.74 Å². The second kappa shape index (κ2) is 7.75. The summed E-state index contributed by atoms with van der Waals surface area (Å²) in [5.74, 6) is 0. The van der Waals surface area contributed by atoms with Gasteiger partial charge in [-0.15, -0.1) is 0 Å². The number of piperidine rings is 1. The van der Waals surface area contributed by atoms with Crippen LogP contribution < -0.4 is 0 Å². The first kappa shape index (κ1) is 15.5. The number of fused-ring (bicyclic) bond motifs is 1. The van der Waals surface area contributed by atoms with Crippen LogP contribution in [0.3, 0.4) is 0 Å². The molecule has 0 aliphatic carbocycles. The summed E-state index contributed by atoms with van der Waals surface area (Å²) < 4.78 is 5.78. The maximum atomic E-state index is 5.78. The Morgan fingerprint density at radius 1 is 1.14 bits per heavy atom. The van der Waals surface area contributed by atoms with E-state index in [1.165, 1.54) is 54.6 Å². The van der Waals surface area contributed by atoms with Gasteiger partial charge in [0.25, 0.3) is 0 Å². The summed E-state index contributed by atoms with van der Waals surface area (Å²) in [4.78, 5) is 2.54. The first-order chi connectivity index (χ1) is 10.8. The molecule has 0 aromatic heterocycles. The zero-order valence-corrected chi connectivity index (χ0v) is 13.5. The van der Waals surface area contributed by atoms with Crippen molar-refractivity contribution in [2.24, 2.45) is 0 Å². The number of ether oxygens (including phenoxy) is 1. The Morgan fingerprint density at radius 3 is 2.73 bits per heavy atom. The molecule has 3 rings (SSSR count). The highest BCUT2D eigenvalue weighted by Crippen LogP contribution is 2.21. The van der Waals surface area contributed by atoms with Crippen molar-refractivity contribution in [3.05, 3.63) is 59.2 Å². The van der Waals surface area contributed by atoms with Crippen LogP contribution in [0, 0.1) is 0 Å². The maximum Gasteiger partial charge on any atom is 0.0719 e. The molecule has 1 fully saturated rings. The van der Waals surface area contributed by atoms with Gasteiger partial charge in [-0.3, -0.25) is 4.90 Å². The van der Waals surface area contributed by atoms with Crippen molar-refractivity contribution in [2.75, 3.05) is 26.2 Å². The van der Waals surface area contributed by atoms with E-state index in [0.717, 1.165) is 32.6 Å². The minimum Gasteiger partial charge on any atom is -0.376 e. The molecule has 0 bridgehead atoms. The second-order valence-electron chi connectivity index (χ2n) is 6.55. The van der Waals surface area contributed by atoms with Gasteiger partial charge in [-0.25, -0.2) is 0 Å². The van der Waals surface area contributed by atoms with Crippen molar-refractivity contribution >= 4 is 0 Å². The summed E-state index contributed by atoms with van der Waals surface area (Å²) in [5, 5.41) is 0. The van der Waals surface area contributed by atoms with Gasteiger partial charge in [-0.05, 0) is 55.5 Å². The zero-order valence-electron chi connectivity index (χ0n) is 13.5. The molecule has 0 N–H and O–H groups in total. The van der Waals surface area contributed by atoms with Crippen LogP contribution in [0.25, 0.3) is 0 Å². The third-order valence-electron chi connectivity index (χ3n) is 4.64. The lowest BCUT2D eigenvalue weighted by Crippen LogP contribution is -2.31. The molecule has 118 valence electrons. The summed E-state index contributed by atoms with van der Waals surface area (Å²) in [7, 11) is 0. The van der Waals surface area contributed by atoms with Crippen LogP contribution in [0.5, 0.6) is 0 Å². The van der Waals surface area contributed by atoms with E-state index in [4.69, 9.17) is 4.74 Å². The lowest BCUT2D eigenvalue weighted by Gasteiger charge is -2.26. The Morgan fingerprint density at radius 2 is 1.91 bits per heavy atom. The topological polar surface area (TPSA) is 12.5 Å². The van der Waals surface area contributed by atoms with E-state index < -0.39 is 0 Å². The Balaban J connectivity index is 1.66. The van der Waals surface area contributed by atoms with Crippen LogP contribution in [-0.4, -0.2) is 31.1 Å². The van der Waals surface area contributed by atoms with E-state index in [9.17, 15) is 0 Å². The van der Waals surface area contributed by atoms with Crippen LogP contribution in [0.4, 0.5) is 0 Å². The fourth-order valence-corrected chi connectivity index (χ4v) is 3.45. The molecule has 22 heavy (non-hydrogen) atoms. The Hall–Kier alpha value is -1.38. The van der Waals surface area contributed by atoms with Crippen molar-refractivity contribution in [1.82, 2.24) is 4.90 Å². The van der Waals surface area contributed by atoms with E-state index in [1.807, 2.05) is 0 Å². The van der Waals surface area contributed by atoms with Crippen LogP contribution >= 0.6 is 0 Å². The molecule has 0 unspecified atom stereocenters. The Kier molecular flexibility index (Phi) is 5.47. The predicted molar refractivity (Wildman–Crippen MR) is 91.9 cm³/mol. The van der Waals surface area contributed by atoms with E-state index in [-0.39, 0.29) is 0 Å². The molecule has 2 heterocycles. The van der Waals surface area contributed by atoms with Gasteiger partial charge in [-0.1, -0.05) is 48.9 Å². The highest BCUT2D eigenvalue weighted by Gasteiger charge is 2.12. The molecule has 1 aromatic carbocycles. The molecule has 0 saturated carbocycles. The number of benzene rings is 1. The molecular formula is C20H27NO. The number of hydrogen-bond donors (Lipinski definition) is 0. The van der Waals surface area contributed by atoms with Gasteiger partial charge in [0.05, 0.1) is 13.2 Å². The maximum absolute atomic E-state index is 5.78. The molecule has 1 aromatic rings. The second-order valence-corrected chi connectivity index (χ2v) is 6.55. The van der Waals surface area contributed by atoms with Gasteiger partial charge in [0.15, 0.2) is 0 Å². The fourth-order valence-electron chi connectivity index (χ4n) is 3.45. The molecule has 0 amide bonds. The van der Waals surface area contributed by atoms with Gasteiger partial charge >= 0.3 is 0 Å². The van der Waals surface area contributed by atoms with Crippen molar-refractivity contribution in [2.45, 2.75) is 38.7 Å². The van der Waals surface area contributed by atoms with Gasteiger partial charge < -0.3 is 4.74 Å². The smallest absolute Gasteiger partial charge is 0.0719 e. The van der Waals surface area contributed by atoms with Gasteiger partial charge in [0, 0.05) is 6.54 Å². The Bertz CT molecular complexity index is 540. The summed E-state index contributed by atoms with van der Waals surface area (Å²) in [6.07, 6.45) is 8.44. The van der Waals surface area contributed by atoms with E-state index in [1.54, 1.807) is 0 Å². The quantitative estimate of drug-likeness (QED) is 0.832. The number of rotatable bonds is 3. The van der Waals surface area contributed by atoms with Gasteiger partial charge in [0.1, 0.15) is 0 Å². The highest BCUT2D eigenvalue weighted by molar-refractivity contribution is 5.33. The lowest BCUT2D eigenvalue weighted by molar-refractivity contribution is 0.120. The number of likely N-dealkylation sites (tertiary alicyclic amines) is 1. The third-order valence-corrected chi connectivity index (χ3v) is 4.64. The van der Waals surface area contributed by atoms with Crippen LogP contribution in [0.1, 0.15) is 36.8 Å². The van der Waals surface area contributed by atoms with E-state index in [0.29, 0.717) is 0 Å². The molecule has 0 spiro atoms. The first-order valence-electron chi connectivity index (χ1n) is 8.55. The van der Waals surface area contributed by atoms with Crippen LogP contribution in [0.15, 0.2) is 48.1 Å². The van der Waals surface area contributed by atoms with E-state index >= 15 is 0 Å². The lowest BCUT2D eigenvalue weighted by atomic mass is 9.96. The normalized spacial score (nSPS) is 21.9. The van der Waals surface area contributed by atoms with Gasteiger partial charge in [-0.2, -0.15) is 0 Å². The van der Waals surface area contributed by atoms with Crippen molar-refractivity contribution in [3.63, 3.8) is 0 Å². The number of hydrogen-bond acceptors (Lipinski definition) is 2. The zero-order chi connectivity index (χ0) is 15.2. The molecule has 2 nitrogen and oxygen atoms in total. The van der Waals surface area contributed by atoms with Crippen molar-refractivity contribution in [3.8, 4) is 0 Å². The summed E-state index contributed by atoms with van der Waals surface area (Å²) in [5.41, 5.74) is 5.43. The van der Waals surface area contributed by atoms with Crippen LogP contribution in [-0.2, 0) is 17.8 Å². The Labute approximate surface area is 134 Å². The summed E-state index contributed by atoms with van der Waals surface area (Å²) >= 11 is 0. The average Bonchev–Trinajstić information content (AvgIpc) is 2.51. The minimum absolute atomic E-state index is 0.748. The molecule has 2 aliphatic heterocycles. The SMILES string of the molecule is C=C(/C=C1/CCOCc2ccccc2C1)CN1CCCCC1. The molecule has 2 aliphatic rings. The van der Waals surface area contributed by atoms with Crippen molar-refractivity contribution in [1.29, 1.82) is 0 Å². The molecule has 0 radical (unpaired) electrons.